The van der Waals surface area contributed by atoms with Gasteiger partial charge in [0.05, 0.1) is 24.6 Å². The maximum absolute atomic E-state index is 11.3. The van der Waals surface area contributed by atoms with E-state index in [1.165, 1.54) is 11.3 Å². The van der Waals surface area contributed by atoms with Crippen LogP contribution in [0, 0.1) is 6.92 Å². The number of nitrogens with zero attached hydrogens (tertiary/aromatic N) is 1. The molecule has 0 aliphatic heterocycles. The lowest BCUT2D eigenvalue weighted by Crippen LogP contribution is -2.39. The fourth-order valence-electron chi connectivity index (χ4n) is 0.986. The minimum absolute atomic E-state index is 0.0478. The summed E-state index contributed by atoms with van der Waals surface area (Å²) in [6.45, 7) is 2.18. The van der Waals surface area contributed by atoms with Gasteiger partial charge in [-0.05, 0) is 6.92 Å². The number of amides is 2. The van der Waals surface area contributed by atoms with Crippen molar-refractivity contribution in [2.75, 3.05) is 13.1 Å². The molecule has 4 N–H and O–H groups in total. The van der Waals surface area contributed by atoms with Crippen LogP contribution in [0.2, 0.25) is 0 Å². The predicted octanol–water partition coefficient (Wildman–Crippen LogP) is -0.857. The third-order valence-corrected chi connectivity index (χ3v) is 2.67. The minimum atomic E-state index is -0.344. The first-order chi connectivity index (χ1) is 7.61. The van der Waals surface area contributed by atoms with Gasteiger partial charge in [-0.15, -0.1) is 11.3 Å². The summed E-state index contributed by atoms with van der Waals surface area (Å²) in [6, 6.07) is 0. The second-order valence-electron chi connectivity index (χ2n) is 3.10. The van der Waals surface area contributed by atoms with E-state index in [0.717, 1.165) is 9.88 Å². The van der Waals surface area contributed by atoms with Crippen LogP contribution in [0.4, 0.5) is 0 Å². The van der Waals surface area contributed by atoms with Crippen molar-refractivity contribution < 1.29 is 9.59 Å². The van der Waals surface area contributed by atoms with Gasteiger partial charge < -0.3 is 16.4 Å². The SMILES string of the molecule is Cc1ncc(CNC(=O)CNC(=O)CN)s1. The van der Waals surface area contributed by atoms with Crippen LogP contribution in [0.15, 0.2) is 6.20 Å². The van der Waals surface area contributed by atoms with Gasteiger partial charge >= 0.3 is 0 Å². The number of aromatic nitrogens is 1. The molecular formula is C9H14N4O2S. The van der Waals surface area contributed by atoms with Gasteiger partial charge in [0, 0.05) is 11.1 Å². The molecule has 0 bridgehead atoms. The van der Waals surface area contributed by atoms with Crippen molar-refractivity contribution >= 4 is 23.2 Å². The molecule has 16 heavy (non-hydrogen) atoms. The highest BCUT2D eigenvalue weighted by Gasteiger charge is 2.04. The van der Waals surface area contributed by atoms with Crippen molar-refractivity contribution in [1.29, 1.82) is 0 Å². The van der Waals surface area contributed by atoms with E-state index in [9.17, 15) is 9.59 Å². The Morgan fingerprint density at radius 3 is 2.75 bits per heavy atom. The molecule has 6 nitrogen and oxygen atoms in total. The van der Waals surface area contributed by atoms with Crippen LogP contribution in [0.25, 0.3) is 0 Å². The quantitative estimate of drug-likeness (QED) is 0.626. The van der Waals surface area contributed by atoms with E-state index in [-0.39, 0.29) is 24.9 Å². The predicted molar refractivity (Wildman–Crippen MR) is 60.8 cm³/mol. The number of hydrogen-bond donors (Lipinski definition) is 3. The number of nitrogens with one attached hydrogen (secondary N) is 2. The highest BCUT2D eigenvalue weighted by atomic mass is 32.1. The molecule has 0 aliphatic rings. The van der Waals surface area contributed by atoms with Gasteiger partial charge in [-0.25, -0.2) is 4.98 Å². The molecular weight excluding hydrogens is 228 g/mol. The minimum Gasteiger partial charge on any atom is -0.350 e. The van der Waals surface area contributed by atoms with Crippen LogP contribution in [0.1, 0.15) is 9.88 Å². The number of carbonyl (C=O) groups excluding carboxylic acids is 2. The van der Waals surface area contributed by atoms with Crippen molar-refractivity contribution in [1.82, 2.24) is 15.6 Å². The number of hydrogen-bond acceptors (Lipinski definition) is 5. The average Bonchev–Trinajstić information content (AvgIpc) is 2.69. The molecule has 0 saturated heterocycles. The smallest absolute Gasteiger partial charge is 0.239 e. The average molecular weight is 242 g/mol. The first-order valence-electron chi connectivity index (χ1n) is 4.76. The molecule has 1 aromatic rings. The zero-order valence-corrected chi connectivity index (χ0v) is 9.76. The van der Waals surface area contributed by atoms with Gasteiger partial charge in [0.1, 0.15) is 0 Å². The Balaban J connectivity index is 2.22. The fourth-order valence-corrected chi connectivity index (χ4v) is 1.72. The number of nitrogens with two attached hydrogens (primary N) is 1. The maximum Gasteiger partial charge on any atom is 0.239 e. The van der Waals surface area contributed by atoms with Gasteiger partial charge in [-0.3, -0.25) is 9.59 Å². The van der Waals surface area contributed by atoms with Crippen LogP contribution >= 0.6 is 11.3 Å². The van der Waals surface area contributed by atoms with E-state index in [2.05, 4.69) is 15.6 Å². The van der Waals surface area contributed by atoms with Crippen LogP contribution < -0.4 is 16.4 Å². The van der Waals surface area contributed by atoms with E-state index in [0.29, 0.717) is 6.54 Å². The molecule has 0 aromatic carbocycles. The lowest BCUT2D eigenvalue weighted by atomic mass is 10.5. The summed E-state index contributed by atoms with van der Waals surface area (Å²) in [5.41, 5.74) is 5.08. The molecule has 1 aromatic heterocycles. The maximum atomic E-state index is 11.3. The van der Waals surface area contributed by atoms with Crippen LogP contribution in [-0.2, 0) is 16.1 Å². The number of thiazole rings is 1. The van der Waals surface area contributed by atoms with Gasteiger partial charge in [-0.2, -0.15) is 0 Å². The summed E-state index contributed by atoms with van der Waals surface area (Å²) in [5, 5.41) is 6.01. The van der Waals surface area contributed by atoms with Crippen LogP contribution in [0.3, 0.4) is 0 Å². The molecule has 1 heterocycles. The first kappa shape index (κ1) is 12.6. The zero-order chi connectivity index (χ0) is 12.0. The molecule has 1 rings (SSSR count). The van der Waals surface area contributed by atoms with E-state index >= 15 is 0 Å². The molecule has 0 fully saturated rings. The first-order valence-corrected chi connectivity index (χ1v) is 5.58. The Kier molecular flexibility index (Phi) is 4.87. The molecule has 88 valence electrons. The second-order valence-corrected chi connectivity index (χ2v) is 4.42. The lowest BCUT2D eigenvalue weighted by Gasteiger charge is -2.04. The zero-order valence-electron chi connectivity index (χ0n) is 8.95. The summed E-state index contributed by atoms with van der Waals surface area (Å²) in [4.78, 5) is 27.1. The van der Waals surface area contributed by atoms with Crippen molar-refractivity contribution in [2.45, 2.75) is 13.5 Å². The normalized spacial score (nSPS) is 9.88. The Hall–Kier alpha value is -1.47. The Morgan fingerprint density at radius 2 is 2.19 bits per heavy atom. The number of carbonyl (C=O) groups is 2. The van der Waals surface area contributed by atoms with Gasteiger partial charge in [0.2, 0.25) is 11.8 Å². The Labute approximate surface area is 97.2 Å². The molecule has 0 radical (unpaired) electrons. The topological polar surface area (TPSA) is 97.1 Å². The van der Waals surface area contributed by atoms with Crippen molar-refractivity contribution in [3.63, 3.8) is 0 Å². The fraction of sp³-hybridized carbons (Fsp3) is 0.444. The van der Waals surface area contributed by atoms with Crippen molar-refractivity contribution in [3.8, 4) is 0 Å². The Morgan fingerprint density at radius 1 is 1.44 bits per heavy atom. The number of aryl methyl sites for hydroxylation is 1. The highest BCUT2D eigenvalue weighted by Crippen LogP contribution is 2.10. The molecule has 7 heteroatoms. The van der Waals surface area contributed by atoms with Crippen molar-refractivity contribution in [2.24, 2.45) is 5.73 Å². The second kappa shape index (κ2) is 6.19. The molecule has 2 amide bonds. The van der Waals surface area contributed by atoms with E-state index < -0.39 is 0 Å². The molecule has 0 spiro atoms. The molecule has 0 atom stereocenters. The monoisotopic (exact) mass is 242 g/mol. The third kappa shape index (κ3) is 4.37. The summed E-state index contributed by atoms with van der Waals surface area (Å²) < 4.78 is 0. The summed E-state index contributed by atoms with van der Waals surface area (Å²) in [5.74, 6) is -0.586. The van der Waals surface area contributed by atoms with E-state index in [1.807, 2.05) is 6.92 Å². The van der Waals surface area contributed by atoms with Crippen LogP contribution in [-0.4, -0.2) is 29.9 Å². The van der Waals surface area contributed by atoms with E-state index in [4.69, 9.17) is 5.73 Å². The highest BCUT2D eigenvalue weighted by molar-refractivity contribution is 7.11. The van der Waals surface area contributed by atoms with Gasteiger partial charge in [0.15, 0.2) is 0 Å². The summed E-state index contributed by atoms with van der Waals surface area (Å²) in [7, 11) is 0. The lowest BCUT2D eigenvalue weighted by molar-refractivity contribution is -0.125. The molecule has 0 saturated carbocycles. The third-order valence-electron chi connectivity index (χ3n) is 1.76. The Bertz CT molecular complexity index is 377. The largest absolute Gasteiger partial charge is 0.350 e. The summed E-state index contributed by atoms with van der Waals surface area (Å²) >= 11 is 1.53. The molecule has 0 unspecified atom stereocenters. The van der Waals surface area contributed by atoms with E-state index in [1.54, 1.807) is 6.20 Å². The van der Waals surface area contributed by atoms with Crippen molar-refractivity contribution in [3.05, 3.63) is 16.1 Å². The van der Waals surface area contributed by atoms with Gasteiger partial charge in [-0.1, -0.05) is 0 Å². The standard InChI is InChI=1S/C9H14N4O2S/c1-6-11-3-7(16-6)4-12-9(15)5-13-8(14)2-10/h3H,2,4-5,10H2,1H3,(H,12,15)(H,13,14). The summed E-state index contributed by atoms with van der Waals surface area (Å²) in [6.07, 6.45) is 1.72. The number of rotatable bonds is 5. The van der Waals surface area contributed by atoms with Crippen LogP contribution in [0.5, 0.6) is 0 Å². The molecule has 0 aliphatic carbocycles. The van der Waals surface area contributed by atoms with Gasteiger partial charge in [0.25, 0.3) is 0 Å².